The molecule has 0 spiro atoms. The largest absolute Gasteiger partial charge is 0.482 e. The molecule has 2 N–H and O–H groups in total. The highest BCUT2D eigenvalue weighted by Crippen LogP contribution is 2.28. The lowest BCUT2D eigenvalue weighted by molar-refractivity contribution is -0.139. The summed E-state index contributed by atoms with van der Waals surface area (Å²) in [6.07, 6.45) is 1.05. The molecule has 2 aromatic rings. The minimum atomic E-state index is -0.967. The molecule has 106 valence electrons. The van der Waals surface area contributed by atoms with Crippen LogP contribution in [0.25, 0.3) is 10.8 Å². The molecule has 0 aliphatic carbocycles. The van der Waals surface area contributed by atoms with Gasteiger partial charge in [-0.15, -0.1) is 0 Å². The molecule has 0 aliphatic heterocycles. The Kier molecular flexibility index (Phi) is 4.96. The van der Waals surface area contributed by atoms with Crippen molar-refractivity contribution in [2.75, 3.05) is 13.2 Å². The third kappa shape index (κ3) is 3.48. The van der Waals surface area contributed by atoms with Crippen molar-refractivity contribution in [3.63, 3.8) is 0 Å². The maximum atomic E-state index is 10.7. The fraction of sp³-hybridized carbons (Fsp3) is 0.312. The van der Waals surface area contributed by atoms with Crippen LogP contribution in [0, 0.1) is 0 Å². The standard InChI is InChI=1S/C16H19NO3/c1-2-9-17-10-14-13-6-4-3-5-12(13)7-8-15(14)20-11-16(18)19/h3-8,17H,2,9-11H2,1H3,(H,18,19). The van der Waals surface area contributed by atoms with Crippen LogP contribution >= 0.6 is 0 Å². The minimum absolute atomic E-state index is 0.320. The molecule has 0 unspecified atom stereocenters. The van der Waals surface area contributed by atoms with Crippen molar-refractivity contribution in [1.29, 1.82) is 0 Å². The number of hydrogen-bond donors (Lipinski definition) is 2. The molecule has 20 heavy (non-hydrogen) atoms. The summed E-state index contributed by atoms with van der Waals surface area (Å²) < 4.78 is 5.40. The second-order valence-corrected chi connectivity index (χ2v) is 4.62. The minimum Gasteiger partial charge on any atom is -0.482 e. The Hall–Kier alpha value is -2.07. The van der Waals surface area contributed by atoms with Gasteiger partial charge in [-0.05, 0) is 29.8 Å². The first-order chi connectivity index (χ1) is 9.72. The maximum Gasteiger partial charge on any atom is 0.341 e. The van der Waals surface area contributed by atoms with Crippen molar-refractivity contribution in [1.82, 2.24) is 5.32 Å². The van der Waals surface area contributed by atoms with Gasteiger partial charge >= 0.3 is 5.97 Å². The van der Waals surface area contributed by atoms with Crippen molar-refractivity contribution in [3.05, 3.63) is 42.0 Å². The molecule has 0 heterocycles. The van der Waals surface area contributed by atoms with Crippen LogP contribution in [0.4, 0.5) is 0 Å². The van der Waals surface area contributed by atoms with E-state index in [1.165, 1.54) is 0 Å². The monoisotopic (exact) mass is 273 g/mol. The number of nitrogens with one attached hydrogen (secondary N) is 1. The van der Waals surface area contributed by atoms with Crippen molar-refractivity contribution in [2.45, 2.75) is 19.9 Å². The van der Waals surface area contributed by atoms with Crippen LogP contribution in [0.2, 0.25) is 0 Å². The van der Waals surface area contributed by atoms with E-state index in [9.17, 15) is 4.79 Å². The molecule has 0 aliphatic rings. The summed E-state index contributed by atoms with van der Waals surface area (Å²) in [4.78, 5) is 10.7. The normalized spacial score (nSPS) is 10.7. The van der Waals surface area contributed by atoms with Crippen LogP contribution in [0.1, 0.15) is 18.9 Å². The number of carbonyl (C=O) groups is 1. The number of rotatable bonds is 7. The van der Waals surface area contributed by atoms with Gasteiger partial charge in [0.15, 0.2) is 6.61 Å². The molecule has 0 saturated heterocycles. The van der Waals surface area contributed by atoms with Gasteiger partial charge in [-0.1, -0.05) is 37.3 Å². The van der Waals surface area contributed by atoms with Crippen molar-refractivity contribution in [2.24, 2.45) is 0 Å². The van der Waals surface area contributed by atoms with Gasteiger partial charge < -0.3 is 15.2 Å². The van der Waals surface area contributed by atoms with Crippen LogP contribution in [-0.4, -0.2) is 24.2 Å². The first-order valence-electron chi connectivity index (χ1n) is 6.78. The molecule has 2 aromatic carbocycles. The summed E-state index contributed by atoms with van der Waals surface area (Å²) >= 11 is 0. The van der Waals surface area contributed by atoms with Gasteiger partial charge in [-0.2, -0.15) is 0 Å². The van der Waals surface area contributed by atoms with E-state index in [0.717, 1.165) is 29.3 Å². The molecule has 2 rings (SSSR count). The predicted molar refractivity (Wildman–Crippen MR) is 79.1 cm³/mol. The van der Waals surface area contributed by atoms with Crippen LogP contribution in [0.15, 0.2) is 36.4 Å². The van der Waals surface area contributed by atoms with Gasteiger partial charge in [0, 0.05) is 12.1 Å². The smallest absolute Gasteiger partial charge is 0.341 e. The van der Waals surface area contributed by atoms with E-state index >= 15 is 0 Å². The summed E-state index contributed by atoms with van der Waals surface area (Å²) in [7, 11) is 0. The van der Waals surface area contributed by atoms with Gasteiger partial charge in [0.25, 0.3) is 0 Å². The number of ether oxygens (including phenoxy) is 1. The molecular weight excluding hydrogens is 254 g/mol. The first-order valence-corrected chi connectivity index (χ1v) is 6.78. The molecule has 0 atom stereocenters. The quantitative estimate of drug-likeness (QED) is 0.762. The fourth-order valence-electron chi connectivity index (χ4n) is 2.16. The van der Waals surface area contributed by atoms with Crippen LogP contribution in [-0.2, 0) is 11.3 Å². The number of carboxylic acids is 1. The average molecular weight is 273 g/mol. The zero-order valence-electron chi connectivity index (χ0n) is 11.6. The lowest BCUT2D eigenvalue weighted by Gasteiger charge is -2.14. The number of benzene rings is 2. The van der Waals surface area contributed by atoms with Gasteiger partial charge in [0.05, 0.1) is 0 Å². The van der Waals surface area contributed by atoms with E-state index in [2.05, 4.69) is 12.2 Å². The molecule has 0 aromatic heterocycles. The molecular formula is C16H19NO3. The average Bonchev–Trinajstić information content (AvgIpc) is 2.46. The number of aliphatic carboxylic acids is 1. The van der Waals surface area contributed by atoms with E-state index in [1.807, 2.05) is 36.4 Å². The van der Waals surface area contributed by atoms with Crippen molar-refractivity contribution in [3.8, 4) is 5.75 Å². The second kappa shape index (κ2) is 6.91. The lowest BCUT2D eigenvalue weighted by Crippen LogP contribution is -2.16. The topological polar surface area (TPSA) is 58.6 Å². The third-order valence-corrected chi connectivity index (χ3v) is 3.08. The number of fused-ring (bicyclic) bond motifs is 1. The molecule has 0 amide bonds. The van der Waals surface area contributed by atoms with Gasteiger partial charge in [-0.25, -0.2) is 4.79 Å². The van der Waals surface area contributed by atoms with Gasteiger partial charge in [0.2, 0.25) is 0 Å². The summed E-state index contributed by atoms with van der Waals surface area (Å²) in [6.45, 7) is 3.38. The highest BCUT2D eigenvalue weighted by Gasteiger charge is 2.09. The zero-order chi connectivity index (χ0) is 14.4. The highest BCUT2D eigenvalue weighted by molar-refractivity contribution is 5.87. The van der Waals surface area contributed by atoms with Crippen LogP contribution in [0.3, 0.4) is 0 Å². The summed E-state index contributed by atoms with van der Waals surface area (Å²) in [6, 6.07) is 11.8. The molecule has 0 bridgehead atoms. The van der Waals surface area contributed by atoms with Crippen molar-refractivity contribution >= 4 is 16.7 Å². The van der Waals surface area contributed by atoms with Gasteiger partial charge in [0.1, 0.15) is 5.75 Å². The molecule has 0 fully saturated rings. The van der Waals surface area contributed by atoms with E-state index in [-0.39, 0.29) is 6.61 Å². The summed E-state index contributed by atoms with van der Waals surface area (Å²) in [5, 5.41) is 14.3. The predicted octanol–water partition coefficient (Wildman–Crippen LogP) is 2.80. The fourth-order valence-corrected chi connectivity index (χ4v) is 2.16. The molecule has 4 heteroatoms. The SMILES string of the molecule is CCCNCc1c(OCC(=O)O)ccc2ccccc12. The van der Waals surface area contributed by atoms with Crippen LogP contribution in [0.5, 0.6) is 5.75 Å². The van der Waals surface area contributed by atoms with Crippen molar-refractivity contribution < 1.29 is 14.6 Å². The zero-order valence-corrected chi connectivity index (χ0v) is 11.6. The Balaban J connectivity index is 2.33. The van der Waals surface area contributed by atoms with E-state index in [0.29, 0.717) is 12.3 Å². The molecule has 4 nitrogen and oxygen atoms in total. The molecule has 0 radical (unpaired) electrons. The van der Waals surface area contributed by atoms with E-state index in [4.69, 9.17) is 9.84 Å². The second-order valence-electron chi connectivity index (χ2n) is 4.62. The Morgan fingerprint density at radius 1 is 1.25 bits per heavy atom. The maximum absolute atomic E-state index is 10.7. The third-order valence-electron chi connectivity index (χ3n) is 3.08. The Morgan fingerprint density at radius 2 is 2.05 bits per heavy atom. The van der Waals surface area contributed by atoms with Crippen LogP contribution < -0.4 is 10.1 Å². The Labute approximate surface area is 118 Å². The lowest BCUT2D eigenvalue weighted by atomic mass is 10.0. The highest BCUT2D eigenvalue weighted by atomic mass is 16.5. The summed E-state index contributed by atoms with van der Waals surface area (Å²) in [5.74, 6) is -0.333. The van der Waals surface area contributed by atoms with E-state index in [1.54, 1.807) is 0 Å². The Bertz CT molecular complexity index is 595. The number of carboxylic acid groups (broad SMARTS) is 1. The summed E-state index contributed by atoms with van der Waals surface area (Å²) in [5.41, 5.74) is 1.01. The molecule has 0 saturated carbocycles. The number of hydrogen-bond acceptors (Lipinski definition) is 3. The first kappa shape index (κ1) is 14.3. The van der Waals surface area contributed by atoms with E-state index < -0.39 is 5.97 Å². The Morgan fingerprint density at radius 3 is 2.80 bits per heavy atom. The van der Waals surface area contributed by atoms with Gasteiger partial charge in [-0.3, -0.25) is 0 Å².